The topological polar surface area (TPSA) is 139 Å². The largest absolute Gasteiger partial charge is 0.479 e. The maximum atomic E-state index is 9.89. The van der Waals surface area contributed by atoms with Crippen LogP contribution in [0.25, 0.3) is 0 Å². The molecule has 21 heavy (non-hydrogen) atoms. The van der Waals surface area contributed by atoms with Crippen LogP contribution in [0.15, 0.2) is 0 Å². The predicted octanol–water partition coefficient (Wildman–Crippen LogP) is -2.05. The quantitative estimate of drug-likeness (QED) is 0.376. The summed E-state index contributed by atoms with van der Waals surface area (Å²) < 4.78 is 0. The summed E-state index contributed by atoms with van der Waals surface area (Å²) in [7, 11) is 0. The van der Waals surface area contributed by atoms with Crippen LogP contribution in [0.4, 0.5) is 0 Å². The third kappa shape index (κ3) is 4.15. The van der Waals surface area contributed by atoms with Gasteiger partial charge in [0.15, 0.2) is 12.2 Å². The van der Waals surface area contributed by atoms with Gasteiger partial charge in [-0.1, -0.05) is 5.92 Å². The lowest BCUT2D eigenvalue weighted by Gasteiger charge is -2.47. The van der Waals surface area contributed by atoms with E-state index in [0.717, 1.165) is 25.9 Å². The van der Waals surface area contributed by atoms with Crippen LogP contribution in [-0.4, -0.2) is 79.8 Å². The van der Waals surface area contributed by atoms with Crippen molar-refractivity contribution >= 4 is 11.9 Å². The molecule has 3 saturated heterocycles. The summed E-state index contributed by atoms with van der Waals surface area (Å²) in [6.07, 6.45) is 2.91. The van der Waals surface area contributed by atoms with E-state index in [4.69, 9.17) is 26.8 Å². The summed E-state index contributed by atoms with van der Waals surface area (Å²) in [6, 6.07) is 0. The number of fused-ring (bicyclic) bond motifs is 3. The summed E-state index contributed by atoms with van der Waals surface area (Å²) in [5.41, 5.74) is -0.809. The van der Waals surface area contributed by atoms with Gasteiger partial charge in [0.2, 0.25) is 0 Å². The second kappa shape index (κ2) is 6.87. The lowest BCUT2D eigenvalue weighted by atomic mass is 9.76. The Hall–Kier alpha value is -1.66. The van der Waals surface area contributed by atoms with Gasteiger partial charge in [0.1, 0.15) is 5.60 Å². The molecule has 0 radical (unpaired) electrons. The molecule has 0 aromatic rings. The molecule has 2 bridgehead atoms. The van der Waals surface area contributed by atoms with Crippen LogP contribution in [0.5, 0.6) is 0 Å². The van der Waals surface area contributed by atoms with Gasteiger partial charge in [0, 0.05) is 12.5 Å². The summed E-state index contributed by atoms with van der Waals surface area (Å²) in [4.78, 5) is 21.8. The minimum Gasteiger partial charge on any atom is -0.479 e. The van der Waals surface area contributed by atoms with Gasteiger partial charge in [-0.05, 0) is 25.9 Å². The molecule has 0 amide bonds. The number of carbonyl (C=O) groups is 2. The Kier molecular flexibility index (Phi) is 5.69. The lowest BCUT2D eigenvalue weighted by molar-refractivity contribution is -0.165. The van der Waals surface area contributed by atoms with Crippen molar-refractivity contribution in [1.82, 2.24) is 4.90 Å². The van der Waals surface area contributed by atoms with E-state index >= 15 is 0 Å². The van der Waals surface area contributed by atoms with Crippen molar-refractivity contribution in [3.63, 3.8) is 0 Å². The average molecular weight is 301 g/mol. The van der Waals surface area contributed by atoms with Gasteiger partial charge in [0.25, 0.3) is 0 Å². The molecule has 0 spiro atoms. The number of aliphatic hydroxyl groups excluding tert-OH is 2. The number of aliphatic carboxylic acids is 2. The molecule has 8 nitrogen and oxygen atoms in total. The first-order valence-corrected chi connectivity index (χ1v) is 6.45. The van der Waals surface area contributed by atoms with E-state index in [-0.39, 0.29) is 0 Å². The van der Waals surface area contributed by atoms with E-state index in [9.17, 15) is 14.7 Å². The van der Waals surface area contributed by atoms with Crippen molar-refractivity contribution in [3.8, 4) is 12.3 Å². The molecule has 118 valence electrons. The molecule has 0 aromatic heterocycles. The Morgan fingerprint density at radius 3 is 1.76 bits per heavy atom. The van der Waals surface area contributed by atoms with Crippen LogP contribution in [-0.2, 0) is 9.59 Å². The zero-order valence-electron chi connectivity index (χ0n) is 11.3. The van der Waals surface area contributed by atoms with Crippen molar-refractivity contribution < 1.29 is 35.1 Å². The number of terminal acetylenes is 1. The van der Waals surface area contributed by atoms with Crippen LogP contribution in [0.2, 0.25) is 0 Å². The number of carboxylic acid groups (broad SMARTS) is 2. The second-order valence-electron chi connectivity index (χ2n) is 5.19. The van der Waals surface area contributed by atoms with Gasteiger partial charge >= 0.3 is 11.9 Å². The number of hydrogen-bond donors (Lipinski definition) is 5. The number of aliphatic hydroxyl groups is 3. The smallest absolute Gasteiger partial charge is 0.335 e. The highest BCUT2D eigenvalue weighted by Gasteiger charge is 2.43. The Balaban J connectivity index is 0.000000212. The lowest BCUT2D eigenvalue weighted by Crippen LogP contribution is -2.58. The maximum absolute atomic E-state index is 9.89. The molecule has 8 heteroatoms. The van der Waals surface area contributed by atoms with E-state index in [1.165, 1.54) is 0 Å². The molecule has 0 aliphatic carbocycles. The summed E-state index contributed by atoms with van der Waals surface area (Å²) in [6.45, 7) is 2.93. The van der Waals surface area contributed by atoms with Gasteiger partial charge in [0.05, 0.1) is 0 Å². The molecular formula is C13H19NO7. The first-order valence-electron chi connectivity index (χ1n) is 6.45. The Morgan fingerprint density at radius 2 is 1.57 bits per heavy atom. The zero-order chi connectivity index (χ0) is 16.2. The monoisotopic (exact) mass is 301 g/mol. The average Bonchev–Trinajstić information content (AvgIpc) is 2.47. The molecule has 5 N–H and O–H groups in total. The van der Waals surface area contributed by atoms with Crippen molar-refractivity contribution in [2.24, 2.45) is 5.92 Å². The van der Waals surface area contributed by atoms with Gasteiger partial charge in [-0.15, -0.1) is 6.42 Å². The highest BCUT2D eigenvalue weighted by atomic mass is 16.4. The van der Waals surface area contributed by atoms with Crippen molar-refractivity contribution in [3.05, 3.63) is 0 Å². The van der Waals surface area contributed by atoms with E-state index < -0.39 is 29.7 Å². The van der Waals surface area contributed by atoms with Gasteiger partial charge in [-0.25, -0.2) is 9.59 Å². The molecule has 0 aromatic carbocycles. The molecule has 0 unspecified atom stereocenters. The Labute approximate surface area is 121 Å². The zero-order valence-corrected chi connectivity index (χ0v) is 11.3. The highest BCUT2D eigenvalue weighted by molar-refractivity contribution is 5.83. The second-order valence-corrected chi connectivity index (χ2v) is 5.19. The van der Waals surface area contributed by atoms with Gasteiger partial charge in [-0.2, -0.15) is 0 Å². The van der Waals surface area contributed by atoms with E-state index in [1.807, 2.05) is 0 Å². The first kappa shape index (κ1) is 17.4. The van der Waals surface area contributed by atoms with Crippen molar-refractivity contribution in [2.75, 3.05) is 19.6 Å². The maximum Gasteiger partial charge on any atom is 0.335 e. The highest BCUT2D eigenvalue weighted by Crippen LogP contribution is 2.34. The number of hydrogen-bond acceptors (Lipinski definition) is 6. The normalized spacial score (nSPS) is 33.0. The minimum atomic E-state index is -2.27. The number of piperidine rings is 3. The molecule has 3 rings (SSSR count). The first-order chi connectivity index (χ1) is 9.71. The molecule has 3 aliphatic rings. The van der Waals surface area contributed by atoms with Crippen LogP contribution in [0.3, 0.4) is 0 Å². The fourth-order valence-corrected chi connectivity index (χ4v) is 2.47. The summed E-state index contributed by atoms with van der Waals surface area (Å²) in [5, 5.41) is 42.4. The number of rotatable bonds is 3. The van der Waals surface area contributed by atoms with Crippen LogP contribution >= 0.6 is 0 Å². The minimum absolute atomic E-state index is 0.359. The summed E-state index contributed by atoms with van der Waals surface area (Å²) in [5.74, 6) is -0.653. The van der Waals surface area contributed by atoms with Crippen molar-refractivity contribution in [2.45, 2.75) is 30.7 Å². The fraction of sp³-hybridized carbons (Fsp3) is 0.692. The van der Waals surface area contributed by atoms with Gasteiger partial charge < -0.3 is 25.5 Å². The van der Waals surface area contributed by atoms with Crippen LogP contribution in [0, 0.1) is 18.3 Å². The molecule has 3 atom stereocenters. The summed E-state index contributed by atoms with van der Waals surface area (Å²) >= 11 is 0. The SMILES string of the molecule is C#C[C@@]1(O)CN2CCC1CC2.O=C(O)[C@H](O)[C@@H](O)C(=O)O. The van der Waals surface area contributed by atoms with E-state index in [1.54, 1.807) is 0 Å². The van der Waals surface area contributed by atoms with Crippen molar-refractivity contribution in [1.29, 1.82) is 0 Å². The predicted molar refractivity (Wildman–Crippen MR) is 70.2 cm³/mol. The Bertz CT molecular complexity index is 420. The van der Waals surface area contributed by atoms with Gasteiger partial charge in [-0.3, -0.25) is 4.90 Å². The van der Waals surface area contributed by atoms with E-state index in [2.05, 4.69) is 10.8 Å². The molecule has 3 aliphatic heterocycles. The molecular weight excluding hydrogens is 282 g/mol. The third-order valence-corrected chi connectivity index (χ3v) is 3.78. The fourth-order valence-electron chi connectivity index (χ4n) is 2.47. The van der Waals surface area contributed by atoms with Crippen LogP contribution < -0.4 is 0 Å². The van der Waals surface area contributed by atoms with Crippen LogP contribution in [0.1, 0.15) is 12.8 Å². The third-order valence-electron chi connectivity index (χ3n) is 3.78. The van der Waals surface area contributed by atoms with E-state index in [0.29, 0.717) is 12.5 Å². The molecule has 3 heterocycles. The number of nitrogens with zero attached hydrogens (tertiary/aromatic N) is 1. The standard InChI is InChI=1S/C9H13NO.C4H6O6/c1-2-9(11)7-10-5-3-8(9)4-6-10;5-1(3(7)8)2(6)4(9)10/h1,8,11H,3-7H2;1-2,5-6H,(H,7,8)(H,9,10)/t9-;1-,2-/m11/s1. The number of carboxylic acids is 2. The Morgan fingerprint density at radius 1 is 1.14 bits per heavy atom. The molecule has 0 saturated carbocycles. The molecule has 3 fully saturated rings.